The Bertz CT molecular complexity index is 846. The number of rotatable bonds is 14. The average molecular weight is 521 g/mol. The summed E-state index contributed by atoms with van der Waals surface area (Å²) in [7, 11) is 0. The number of thioether (sulfide) groups is 1. The first-order chi connectivity index (χ1) is 17.1. The normalized spacial score (nSPS) is 29.5. The monoisotopic (exact) mass is 520 g/mol. The zero-order valence-electron chi connectivity index (χ0n) is 22.4. The second kappa shape index (κ2) is 12.2. The smallest absolute Gasteiger partial charge is 0.310 e. The van der Waals surface area contributed by atoms with Crippen LogP contribution in [0.5, 0.6) is 0 Å². The fourth-order valence-electron chi connectivity index (χ4n) is 6.36. The van der Waals surface area contributed by atoms with Gasteiger partial charge in [0.05, 0.1) is 35.8 Å². The second-order valence-electron chi connectivity index (χ2n) is 11.1. The minimum Gasteiger partial charge on any atom is -0.465 e. The van der Waals surface area contributed by atoms with Gasteiger partial charge in [0.15, 0.2) is 0 Å². The Morgan fingerprint density at radius 1 is 1.25 bits per heavy atom. The first-order valence-corrected chi connectivity index (χ1v) is 14.3. The van der Waals surface area contributed by atoms with Gasteiger partial charge in [0.2, 0.25) is 11.8 Å². The molecule has 3 heterocycles. The van der Waals surface area contributed by atoms with E-state index in [2.05, 4.69) is 13.2 Å². The van der Waals surface area contributed by atoms with Gasteiger partial charge in [0.1, 0.15) is 6.04 Å². The summed E-state index contributed by atoms with van der Waals surface area (Å²) in [5.74, 6) is -1.54. The number of aliphatic hydroxyl groups is 1. The van der Waals surface area contributed by atoms with Gasteiger partial charge in [-0.2, -0.15) is 0 Å². The predicted molar refractivity (Wildman–Crippen MR) is 143 cm³/mol. The number of esters is 1. The lowest BCUT2D eigenvalue weighted by molar-refractivity contribution is -0.154. The number of aliphatic hydroxyl groups excluding tert-OH is 1. The fourth-order valence-corrected chi connectivity index (χ4v) is 8.55. The van der Waals surface area contributed by atoms with Crippen molar-refractivity contribution in [2.24, 2.45) is 17.8 Å². The third-order valence-corrected chi connectivity index (χ3v) is 9.82. The molecule has 7 nitrogen and oxygen atoms in total. The van der Waals surface area contributed by atoms with Crippen molar-refractivity contribution in [3.05, 3.63) is 25.3 Å². The van der Waals surface area contributed by atoms with E-state index in [0.717, 1.165) is 25.7 Å². The van der Waals surface area contributed by atoms with Crippen LogP contribution < -0.4 is 0 Å². The number of allylic oxidation sites excluding steroid dienone is 1. The van der Waals surface area contributed by atoms with Crippen LogP contribution in [0.1, 0.15) is 66.2 Å². The molecule has 0 saturated carbocycles. The number of hydrogen-bond acceptors (Lipinski definition) is 6. The molecule has 8 heteroatoms. The van der Waals surface area contributed by atoms with E-state index in [1.54, 1.807) is 27.6 Å². The number of amides is 2. The number of nitrogens with zero attached hydrogens (tertiary/aromatic N) is 2. The van der Waals surface area contributed by atoms with Crippen LogP contribution in [0.3, 0.4) is 0 Å². The summed E-state index contributed by atoms with van der Waals surface area (Å²) >= 11 is 1.64. The summed E-state index contributed by atoms with van der Waals surface area (Å²) in [4.78, 5) is 45.1. The Morgan fingerprint density at radius 2 is 1.97 bits per heavy atom. The standard InChI is InChI=1S/C28H44N2O5S/c1-7-9-10-11-15-35-27(34)22-21-12-13-28(36-21)23(22)25(32)30(20(17-31)16-18(3)4)24(28)26(33)29(14-8-2)19(5)6/h7-8,18-24,31H,1-2,9-17H2,3-6H3/t20-,21-,22+,23+,24?,28?/m1/s1. The van der Waals surface area contributed by atoms with E-state index in [4.69, 9.17) is 4.74 Å². The van der Waals surface area contributed by atoms with E-state index in [0.29, 0.717) is 26.0 Å². The SMILES string of the molecule is C=CCCCCOC(=O)[C@@H]1[C@H]2C(=O)N([C@@H](CO)CC(C)C)C(C(=O)N(CC=C)C(C)C)C23CC[C@H]1S3. The van der Waals surface area contributed by atoms with Gasteiger partial charge in [-0.3, -0.25) is 14.4 Å². The molecule has 1 spiro atoms. The minimum atomic E-state index is -0.714. The Morgan fingerprint density at radius 3 is 2.56 bits per heavy atom. The molecule has 0 radical (unpaired) electrons. The molecule has 0 aromatic heterocycles. The Hall–Kier alpha value is -1.80. The van der Waals surface area contributed by atoms with Crippen molar-refractivity contribution in [2.45, 2.75) is 94.3 Å². The number of carbonyl (C=O) groups excluding carboxylic acids is 3. The molecule has 3 rings (SSSR count). The maximum Gasteiger partial charge on any atom is 0.310 e. The summed E-state index contributed by atoms with van der Waals surface area (Å²) in [6, 6.07) is -1.26. The fraction of sp³-hybridized carbons (Fsp3) is 0.750. The number of carbonyl (C=O) groups is 3. The maximum atomic E-state index is 14.2. The van der Waals surface area contributed by atoms with Crippen LogP contribution in [0.4, 0.5) is 0 Å². The van der Waals surface area contributed by atoms with Gasteiger partial charge in [-0.15, -0.1) is 24.9 Å². The van der Waals surface area contributed by atoms with Gasteiger partial charge in [-0.1, -0.05) is 26.0 Å². The first-order valence-electron chi connectivity index (χ1n) is 13.4. The Labute approximate surface area is 220 Å². The molecule has 202 valence electrons. The van der Waals surface area contributed by atoms with Gasteiger partial charge >= 0.3 is 5.97 Å². The van der Waals surface area contributed by atoms with Crippen LogP contribution >= 0.6 is 11.8 Å². The molecule has 3 aliphatic heterocycles. The summed E-state index contributed by atoms with van der Waals surface area (Å²) in [6.07, 6.45) is 8.15. The lowest BCUT2D eigenvalue weighted by Crippen LogP contribution is -2.58. The molecular formula is C28H44N2O5S. The van der Waals surface area contributed by atoms with E-state index in [-0.39, 0.29) is 41.6 Å². The van der Waals surface area contributed by atoms with E-state index in [9.17, 15) is 19.5 Å². The second-order valence-corrected chi connectivity index (χ2v) is 12.7. The van der Waals surface area contributed by atoms with Gasteiger partial charge in [-0.05, 0) is 58.3 Å². The molecule has 2 amide bonds. The van der Waals surface area contributed by atoms with Gasteiger partial charge in [0.25, 0.3) is 0 Å². The quantitative estimate of drug-likeness (QED) is 0.213. The molecule has 3 fully saturated rings. The molecule has 0 aliphatic carbocycles. The van der Waals surface area contributed by atoms with Crippen molar-refractivity contribution in [3.8, 4) is 0 Å². The van der Waals surface area contributed by atoms with Crippen LogP contribution in [-0.2, 0) is 19.1 Å². The van der Waals surface area contributed by atoms with Crippen LogP contribution in [0.2, 0.25) is 0 Å². The number of unbranched alkanes of at least 4 members (excludes halogenated alkanes) is 2. The predicted octanol–water partition coefficient (Wildman–Crippen LogP) is 3.81. The molecule has 3 saturated heterocycles. The van der Waals surface area contributed by atoms with Crippen molar-refractivity contribution < 1.29 is 24.2 Å². The number of hydrogen-bond donors (Lipinski definition) is 1. The molecule has 0 aromatic carbocycles. The lowest BCUT2D eigenvalue weighted by Gasteiger charge is -2.41. The highest BCUT2D eigenvalue weighted by molar-refractivity contribution is 8.02. The molecular weight excluding hydrogens is 476 g/mol. The minimum absolute atomic E-state index is 0.0262. The van der Waals surface area contributed by atoms with E-state index in [1.165, 1.54) is 0 Å². The van der Waals surface area contributed by atoms with Crippen LogP contribution in [0.15, 0.2) is 25.3 Å². The summed E-state index contributed by atoms with van der Waals surface area (Å²) in [6.45, 7) is 16.1. The highest BCUT2D eigenvalue weighted by atomic mass is 32.2. The molecule has 0 aromatic rings. The molecule has 2 bridgehead atoms. The first kappa shape index (κ1) is 28.8. The van der Waals surface area contributed by atoms with Crippen molar-refractivity contribution in [2.75, 3.05) is 19.8 Å². The van der Waals surface area contributed by atoms with E-state index < -0.39 is 28.7 Å². The lowest BCUT2D eigenvalue weighted by atomic mass is 9.71. The number of fused-ring (bicyclic) bond motifs is 1. The van der Waals surface area contributed by atoms with Gasteiger partial charge in [-0.25, -0.2) is 0 Å². The van der Waals surface area contributed by atoms with Crippen molar-refractivity contribution >= 4 is 29.5 Å². The Kier molecular flexibility index (Phi) is 9.72. The summed E-state index contributed by atoms with van der Waals surface area (Å²) in [5.41, 5.74) is 0. The zero-order valence-corrected chi connectivity index (χ0v) is 23.2. The summed E-state index contributed by atoms with van der Waals surface area (Å²) in [5, 5.41) is 10.3. The zero-order chi connectivity index (χ0) is 26.6. The van der Waals surface area contributed by atoms with Crippen molar-refractivity contribution in [1.29, 1.82) is 0 Å². The van der Waals surface area contributed by atoms with Crippen LogP contribution in [0, 0.1) is 17.8 Å². The molecule has 6 atom stereocenters. The van der Waals surface area contributed by atoms with Crippen molar-refractivity contribution in [3.63, 3.8) is 0 Å². The number of likely N-dealkylation sites (tertiary alicyclic amines) is 1. The van der Waals surface area contributed by atoms with Crippen molar-refractivity contribution in [1.82, 2.24) is 9.80 Å². The van der Waals surface area contributed by atoms with E-state index in [1.807, 2.05) is 33.8 Å². The maximum absolute atomic E-state index is 14.2. The largest absolute Gasteiger partial charge is 0.465 e. The van der Waals surface area contributed by atoms with Gasteiger partial charge < -0.3 is 19.6 Å². The molecule has 1 N–H and O–H groups in total. The summed E-state index contributed by atoms with van der Waals surface area (Å²) < 4.78 is 4.99. The number of ether oxygens (including phenoxy) is 1. The topological polar surface area (TPSA) is 87.1 Å². The highest BCUT2D eigenvalue weighted by Crippen LogP contribution is 2.67. The van der Waals surface area contributed by atoms with Crippen LogP contribution in [-0.4, -0.2) is 80.6 Å². The molecule has 2 unspecified atom stereocenters. The van der Waals surface area contributed by atoms with E-state index >= 15 is 0 Å². The third kappa shape index (κ3) is 5.26. The van der Waals surface area contributed by atoms with Gasteiger partial charge in [0, 0.05) is 17.8 Å². The Balaban J connectivity index is 1.97. The molecule has 36 heavy (non-hydrogen) atoms. The van der Waals surface area contributed by atoms with Crippen LogP contribution in [0.25, 0.3) is 0 Å². The third-order valence-electron chi connectivity index (χ3n) is 7.87. The highest BCUT2D eigenvalue weighted by Gasteiger charge is 2.74. The average Bonchev–Trinajstić information content (AvgIpc) is 3.47. The molecule has 3 aliphatic rings.